The molecule has 72 valence electrons. The van der Waals surface area contributed by atoms with Crippen LogP contribution in [0.1, 0.15) is 26.7 Å². The van der Waals surface area contributed by atoms with Gasteiger partial charge in [0.2, 0.25) is 0 Å². The van der Waals surface area contributed by atoms with Crippen molar-refractivity contribution in [3.05, 3.63) is 0 Å². The Labute approximate surface area is 72.2 Å². The highest BCUT2D eigenvalue weighted by molar-refractivity contribution is 5.62. The van der Waals surface area contributed by atoms with Gasteiger partial charge in [0.15, 0.2) is 0 Å². The number of carbonyl (C=O) groups is 1. The van der Waals surface area contributed by atoms with Gasteiger partial charge in [0, 0.05) is 6.92 Å². The minimum absolute atomic E-state index is 0.142. The first kappa shape index (κ1) is 11.4. The Morgan fingerprint density at radius 2 is 2.00 bits per heavy atom. The summed E-state index contributed by atoms with van der Waals surface area (Å²) in [6.07, 6.45) is 2.32. The SMILES string of the molecule is CC(=O)O.CC1(OCCO)CC1. The van der Waals surface area contributed by atoms with Gasteiger partial charge >= 0.3 is 0 Å². The van der Waals surface area contributed by atoms with Crippen molar-refractivity contribution in [1.29, 1.82) is 0 Å². The number of ether oxygens (including phenoxy) is 1. The van der Waals surface area contributed by atoms with Gasteiger partial charge in [-0.3, -0.25) is 4.79 Å². The lowest BCUT2D eigenvalue weighted by Crippen LogP contribution is -2.11. The zero-order chi connectivity index (χ0) is 9.61. The quantitative estimate of drug-likeness (QED) is 0.662. The molecule has 2 N–H and O–H groups in total. The van der Waals surface area contributed by atoms with E-state index in [0.29, 0.717) is 6.61 Å². The van der Waals surface area contributed by atoms with Crippen LogP contribution in [-0.2, 0) is 9.53 Å². The van der Waals surface area contributed by atoms with E-state index in [2.05, 4.69) is 6.92 Å². The van der Waals surface area contributed by atoms with Crippen LogP contribution in [0, 0.1) is 0 Å². The number of hydrogen-bond acceptors (Lipinski definition) is 3. The van der Waals surface area contributed by atoms with E-state index in [9.17, 15) is 0 Å². The molecule has 4 heteroatoms. The molecule has 0 radical (unpaired) electrons. The molecule has 1 rings (SSSR count). The highest BCUT2D eigenvalue weighted by Gasteiger charge is 2.38. The van der Waals surface area contributed by atoms with Gasteiger partial charge in [-0.25, -0.2) is 0 Å². The maximum absolute atomic E-state index is 9.00. The zero-order valence-corrected chi connectivity index (χ0v) is 7.54. The second-order valence-corrected chi connectivity index (χ2v) is 3.04. The standard InChI is InChI=1S/C6H12O2.C2H4O2/c1-6(2-3-6)8-5-4-7;1-2(3)4/h7H,2-5H2,1H3;1H3,(H,3,4). The van der Waals surface area contributed by atoms with Gasteiger partial charge < -0.3 is 14.9 Å². The average molecular weight is 176 g/mol. The summed E-state index contributed by atoms with van der Waals surface area (Å²) in [5.74, 6) is -0.833. The maximum atomic E-state index is 9.00. The van der Waals surface area contributed by atoms with Gasteiger partial charge in [0.25, 0.3) is 5.97 Å². The molecular weight excluding hydrogens is 160 g/mol. The number of aliphatic hydroxyl groups excluding tert-OH is 1. The minimum Gasteiger partial charge on any atom is -0.481 e. The number of rotatable bonds is 3. The summed E-state index contributed by atoms with van der Waals surface area (Å²) >= 11 is 0. The van der Waals surface area contributed by atoms with Crippen molar-refractivity contribution >= 4 is 5.97 Å². The summed E-state index contributed by atoms with van der Waals surface area (Å²) in [5.41, 5.74) is 0.142. The van der Waals surface area contributed by atoms with E-state index in [1.807, 2.05) is 0 Å². The molecule has 12 heavy (non-hydrogen) atoms. The third-order valence-corrected chi connectivity index (χ3v) is 1.50. The molecule has 1 saturated carbocycles. The normalized spacial score (nSPS) is 17.6. The van der Waals surface area contributed by atoms with Crippen molar-refractivity contribution in [2.45, 2.75) is 32.3 Å². The molecule has 0 saturated heterocycles. The third-order valence-electron chi connectivity index (χ3n) is 1.50. The molecule has 0 aromatic rings. The predicted octanol–water partition coefficient (Wildman–Crippen LogP) is 0.639. The Morgan fingerprint density at radius 1 is 1.58 bits per heavy atom. The first-order chi connectivity index (χ1) is 5.50. The number of aliphatic carboxylic acids is 1. The summed E-state index contributed by atoms with van der Waals surface area (Å²) in [7, 11) is 0. The lowest BCUT2D eigenvalue weighted by atomic mass is 10.4. The third kappa shape index (κ3) is 7.50. The highest BCUT2D eigenvalue weighted by Crippen LogP contribution is 2.38. The van der Waals surface area contributed by atoms with E-state index in [0.717, 1.165) is 19.8 Å². The van der Waals surface area contributed by atoms with Crippen LogP contribution in [0.5, 0.6) is 0 Å². The first-order valence-electron chi connectivity index (χ1n) is 3.94. The van der Waals surface area contributed by atoms with Crippen LogP contribution in [0.2, 0.25) is 0 Å². The van der Waals surface area contributed by atoms with Gasteiger partial charge in [-0.15, -0.1) is 0 Å². The Morgan fingerprint density at radius 3 is 2.25 bits per heavy atom. The van der Waals surface area contributed by atoms with Gasteiger partial charge in [0.05, 0.1) is 18.8 Å². The molecule has 0 atom stereocenters. The van der Waals surface area contributed by atoms with Gasteiger partial charge in [-0.05, 0) is 19.8 Å². The molecule has 0 aliphatic heterocycles. The van der Waals surface area contributed by atoms with Gasteiger partial charge in [-0.1, -0.05) is 0 Å². The van der Waals surface area contributed by atoms with Crippen molar-refractivity contribution in [3.63, 3.8) is 0 Å². The second-order valence-electron chi connectivity index (χ2n) is 3.04. The van der Waals surface area contributed by atoms with E-state index in [-0.39, 0.29) is 12.2 Å². The highest BCUT2D eigenvalue weighted by atomic mass is 16.5. The van der Waals surface area contributed by atoms with Crippen LogP contribution in [0.25, 0.3) is 0 Å². The summed E-state index contributed by atoms with van der Waals surface area (Å²) in [6.45, 7) is 3.80. The van der Waals surface area contributed by atoms with E-state index in [4.69, 9.17) is 19.7 Å². The summed E-state index contributed by atoms with van der Waals surface area (Å²) in [6, 6.07) is 0. The number of aliphatic hydroxyl groups is 1. The lowest BCUT2D eigenvalue weighted by molar-refractivity contribution is -0.134. The van der Waals surface area contributed by atoms with Crippen molar-refractivity contribution in [3.8, 4) is 0 Å². The Kier molecular flexibility index (Phi) is 4.85. The Balaban J connectivity index is 0.000000261. The van der Waals surface area contributed by atoms with E-state index >= 15 is 0 Å². The molecule has 0 unspecified atom stereocenters. The van der Waals surface area contributed by atoms with Crippen LogP contribution in [0.3, 0.4) is 0 Å². The lowest BCUT2D eigenvalue weighted by Gasteiger charge is -2.06. The van der Waals surface area contributed by atoms with E-state index < -0.39 is 5.97 Å². The first-order valence-corrected chi connectivity index (χ1v) is 3.94. The van der Waals surface area contributed by atoms with Crippen molar-refractivity contribution in [2.24, 2.45) is 0 Å². The fourth-order valence-electron chi connectivity index (χ4n) is 0.612. The summed E-state index contributed by atoms with van der Waals surface area (Å²) < 4.78 is 5.24. The summed E-state index contributed by atoms with van der Waals surface area (Å²) in [5, 5.41) is 15.7. The van der Waals surface area contributed by atoms with Gasteiger partial charge in [-0.2, -0.15) is 0 Å². The molecule has 1 aliphatic carbocycles. The summed E-state index contributed by atoms with van der Waals surface area (Å²) in [4.78, 5) is 9.00. The number of carboxylic acids is 1. The monoisotopic (exact) mass is 176 g/mol. The van der Waals surface area contributed by atoms with Crippen LogP contribution in [0.4, 0.5) is 0 Å². The fraction of sp³-hybridized carbons (Fsp3) is 0.875. The molecule has 0 bridgehead atoms. The van der Waals surface area contributed by atoms with E-state index in [1.165, 1.54) is 0 Å². The second kappa shape index (κ2) is 5.11. The zero-order valence-electron chi connectivity index (χ0n) is 7.54. The topological polar surface area (TPSA) is 66.8 Å². The molecule has 0 aromatic heterocycles. The van der Waals surface area contributed by atoms with Crippen LogP contribution >= 0.6 is 0 Å². The molecule has 0 spiro atoms. The number of hydrogen-bond donors (Lipinski definition) is 2. The van der Waals surface area contributed by atoms with E-state index in [1.54, 1.807) is 0 Å². The molecular formula is C8H16O4. The number of carboxylic acid groups (broad SMARTS) is 1. The largest absolute Gasteiger partial charge is 0.481 e. The molecule has 0 heterocycles. The van der Waals surface area contributed by atoms with Crippen molar-refractivity contribution in [2.75, 3.05) is 13.2 Å². The average Bonchev–Trinajstić information content (AvgIpc) is 2.64. The Bertz CT molecular complexity index is 136. The fourth-order valence-corrected chi connectivity index (χ4v) is 0.612. The van der Waals surface area contributed by atoms with Gasteiger partial charge in [0.1, 0.15) is 0 Å². The predicted molar refractivity (Wildman–Crippen MR) is 44.0 cm³/mol. The minimum atomic E-state index is -0.833. The van der Waals surface area contributed by atoms with Crippen LogP contribution < -0.4 is 0 Å². The van der Waals surface area contributed by atoms with Crippen LogP contribution in [0.15, 0.2) is 0 Å². The molecule has 0 amide bonds. The smallest absolute Gasteiger partial charge is 0.300 e. The molecule has 0 aromatic carbocycles. The van der Waals surface area contributed by atoms with Crippen molar-refractivity contribution < 1.29 is 19.7 Å². The van der Waals surface area contributed by atoms with Crippen molar-refractivity contribution in [1.82, 2.24) is 0 Å². The maximum Gasteiger partial charge on any atom is 0.300 e. The van der Waals surface area contributed by atoms with Crippen LogP contribution in [-0.4, -0.2) is 35.0 Å². The molecule has 1 aliphatic rings. The molecule has 1 fully saturated rings. The molecule has 4 nitrogen and oxygen atoms in total. The Hall–Kier alpha value is -0.610.